The number of likely N-dealkylation sites (N-methyl/N-ethyl adjacent to an activating group) is 1. The van der Waals surface area contributed by atoms with Crippen LogP contribution in [0, 0.1) is 0 Å². The summed E-state index contributed by atoms with van der Waals surface area (Å²) in [6.45, 7) is 3.87. The third-order valence-corrected chi connectivity index (χ3v) is 7.83. The molecule has 212 valence electrons. The Morgan fingerprint density at radius 1 is 0.900 bits per heavy atom. The maximum atomic E-state index is 13.9. The van der Waals surface area contributed by atoms with Crippen LogP contribution in [0.2, 0.25) is 0 Å². The Hall–Kier alpha value is -3.68. The van der Waals surface area contributed by atoms with Gasteiger partial charge in [-0.3, -0.25) is 4.79 Å². The van der Waals surface area contributed by atoms with E-state index >= 15 is 0 Å². The van der Waals surface area contributed by atoms with Crippen molar-refractivity contribution in [3.05, 3.63) is 102 Å². The van der Waals surface area contributed by atoms with Gasteiger partial charge in [-0.25, -0.2) is 4.79 Å². The van der Waals surface area contributed by atoms with Crippen LogP contribution >= 0.6 is 0 Å². The molecule has 7 nitrogen and oxygen atoms in total. The molecule has 1 saturated heterocycles. The fourth-order valence-corrected chi connectivity index (χ4v) is 5.69. The molecule has 0 unspecified atom stereocenters. The van der Waals surface area contributed by atoms with Crippen LogP contribution in [0.1, 0.15) is 42.9 Å². The van der Waals surface area contributed by atoms with E-state index in [1.807, 2.05) is 93.0 Å². The second-order valence-electron chi connectivity index (χ2n) is 10.6. The van der Waals surface area contributed by atoms with Crippen LogP contribution in [0.15, 0.2) is 84.9 Å². The number of hydrogen-bond acceptors (Lipinski definition) is 6. The van der Waals surface area contributed by atoms with Crippen molar-refractivity contribution in [2.24, 2.45) is 0 Å². The standard InChI is InChI=1S/C33H40N2O5/c1-4-39-30(36)25-40-29-18-12-11-17-28(29)32(38)19-22-35(23-20-32)24-21-33(31(37)34(2)3,26-13-7-5-8-14-26)27-15-9-6-10-16-27/h5-18,38H,4,19-25H2,1-3H3. The lowest BCUT2D eigenvalue weighted by atomic mass is 9.70. The van der Waals surface area contributed by atoms with E-state index in [1.165, 1.54) is 0 Å². The third kappa shape index (κ3) is 6.37. The van der Waals surface area contributed by atoms with Crippen LogP contribution in [0.3, 0.4) is 0 Å². The van der Waals surface area contributed by atoms with Gasteiger partial charge in [0.2, 0.25) is 5.91 Å². The number of likely N-dealkylation sites (tertiary alicyclic amines) is 1. The number of piperidine rings is 1. The Morgan fingerprint density at radius 3 is 2.00 bits per heavy atom. The fraction of sp³-hybridized carbons (Fsp3) is 0.394. The monoisotopic (exact) mass is 544 g/mol. The predicted octanol–water partition coefficient (Wildman–Crippen LogP) is 4.38. The number of ether oxygens (including phenoxy) is 2. The quantitative estimate of drug-likeness (QED) is 0.361. The van der Waals surface area contributed by atoms with E-state index in [-0.39, 0.29) is 12.5 Å². The van der Waals surface area contributed by atoms with Gasteiger partial charge >= 0.3 is 5.97 Å². The molecular weight excluding hydrogens is 504 g/mol. The van der Waals surface area contributed by atoms with E-state index in [9.17, 15) is 14.7 Å². The smallest absolute Gasteiger partial charge is 0.344 e. The molecule has 0 spiro atoms. The summed E-state index contributed by atoms with van der Waals surface area (Å²) < 4.78 is 10.7. The maximum Gasteiger partial charge on any atom is 0.344 e. The zero-order chi connectivity index (χ0) is 28.6. The van der Waals surface area contributed by atoms with E-state index in [1.54, 1.807) is 17.9 Å². The number of carbonyl (C=O) groups excluding carboxylic acids is 2. The summed E-state index contributed by atoms with van der Waals surface area (Å²) >= 11 is 0. The normalized spacial score (nSPS) is 15.3. The second kappa shape index (κ2) is 13.1. The highest BCUT2D eigenvalue weighted by atomic mass is 16.6. The van der Waals surface area contributed by atoms with Gasteiger partial charge in [-0.15, -0.1) is 0 Å². The largest absolute Gasteiger partial charge is 0.482 e. The molecule has 0 bridgehead atoms. The molecule has 3 aromatic carbocycles. The summed E-state index contributed by atoms with van der Waals surface area (Å²) in [5, 5.41) is 11.7. The zero-order valence-corrected chi connectivity index (χ0v) is 23.7. The molecule has 0 radical (unpaired) electrons. The maximum absolute atomic E-state index is 13.9. The average molecular weight is 545 g/mol. The van der Waals surface area contributed by atoms with Crippen molar-refractivity contribution in [1.29, 1.82) is 0 Å². The molecule has 0 aliphatic carbocycles. The molecule has 1 aliphatic heterocycles. The van der Waals surface area contributed by atoms with Gasteiger partial charge in [0.1, 0.15) is 11.2 Å². The van der Waals surface area contributed by atoms with Crippen LogP contribution in [-0.4, -0.2) is 73.7 Å². The van der Waals surface area contributed by atoms with Crippen LogP contribution in [0.25, 0.3) is 0 Å². The first-order valence-electron chi connectivity index (χ1n) is 14.0. The van der Waals surface area contributed by atoms with Gasteiger partial charge in [0.05, 0.1) is 12.2 Å². The number of amides is 1. The van der Waals surface area contributed by atoms with Gasteiger partial charge in [-0.2, -0.15) is 0 Å². The van der Waals surface area contributed by atoms with Gasteiger partial charge < -0.3 is 24.4 Å². The molecule has 0 atom stereocenters. The van der Waals surface area contributed by atoms with Gasteiger partial charge in [0, 0.05) is 32.7 Å². The number of esters is 1. The highest BCUT2D eigenvalue weighted by Crippen LogP contribution is 2.40. The van der Waals surface area contributed by atoms with Gasteiger partial charge in [-0.05, 0) is 49.9 Å². The van der Waals surface area contributed by atoms with Gasteiger partial charge in [-0.1, -0.05) is 78.9 Å². The minimum absolute atomic E-state index is 0.0473. The molecule has 1 fully saturated rings. The highest BCUT2D eigenvalue weighted by molar-refractivity contribution is 5.92. The van der Waals surface area contributed by atoms with Crippen LogP contribution in [-0.2, 0) is 25.3 Å². The zero-order valence-electron chi connectivity index (χ0n) is 23.7. The summed E-state index contributed by atoms with van der Waals surface area (Å²) in [6.07, 6.45) is 1.63. The minimum Gasteiger partial charge on any atom is -0.482 e. The Balaban J connectivity index is 1.52. The molecule has 40 heavy (non-hydrogen) atoms. The Bertz CT molecular complexity index is 1210. The Morgan fingerprint density at radius 2 is 1.45 bits per heavy atom. The van der Waals surface area contributed by atoms with E-state index in [0.29, 0.717) is 56.8 Å². The first kappa shape index (κ1) is 29.3. The Labute approximate surface area is 237 Å². The molecule has 4 rings (SSSR count). The van der Waals surface area contributed by atoms with Crippen molar-refractivity contribution < 1.29 is 24.2 Å². The summed E-state index contributed by atoms with van der Waals surface area (Å²) in [6, 6.07) is 27.4. The van der Waals surface area contributed by atoms with Crippen LogP contribution in [0.4, 0.5) is 0 Å². The summed E-state index contributed by atoms with van der Waals surface area (Å²) in [5.74, 6) is 0.105. The number of carbonyl (C=O) groups is 2. The van der Waals surface area contributed by atoms with Crippen molar-refractivity contribution >= 4 is 11.9 Å². The molecule has 1 aliphatic rings. The Kier molecular flexibility index (Phi) is 9.61. The number of benzene rings is 3. The summed E-state index contributed by atoms with van der Waals surface area (Å²) in [5.41, 5.74) is 0.733. The molecule has 3 aromatic rings. The lowest BCUT2D eigenvalue weighted by Crippen LogP contribution is -2.49. The van der Waals surface area contributed by atoms with Gasteiger partial charge in [0.15, 0.2) is 6.61 Å². The molecular formula is C33H40N2O5. The highest BCUT2D eigenvalue weighted by Gasteiger charge is 2.44. The summed E-state index contributed by atoms with van der Waals surface area (Å²) in [7, 11) is 3.62. The van der Waals surface area contributed by atoms with Crippen LogP contribution < -0.4 is 4.74 Å². The van der Waals surface area contributed by atoms with Gasteiger partial charge in [0.25, 0.3) is 0 Å². The van der Waals surface area contributed by atoms with Crippen molar-refractivity contribution in [1.82, 2.24) is 9.80 Å². The SMILES string of the molecule is CCOC(=O)COc1ccccc1C1(O)CCN(CCC(C(=O)N(C)C)(c2ccccc2)c2ccccc2)CC1. The van der Waals surface area contributed by atoms with E-state index in [2.05, 4.69) is 4.90 Å². The van der Waals surface area contributed by atoms with E-state index in [0.717, 1.165) is 11.1 Å². The number of hydrogen-bond donors (Lipinski definition) is 1. The van der Waals surface area contributed by atoms with Crippen molar-refractivity contribution in [2.45, 2.75) is 37.2 Å². The molecule has 1 amide bonds. The molecule has 0 aromatic heterocycles. The lowest BCUT2D eigenvalue weighted by Gasteiger charge is -2.41. The predicted molar refractivity (Wildman–Crippen MR) is 155 cm³/mol. The molecule has 7 heteroatoms. The lowest BCUT2D eigenvalue weighted by molar-refractivity contribution is -0.145. The number of aliphatic hydroxyl groups is 1. The topological polar surface area (TPSA) is 79.3 Å². The summed E-state index contributed by atoms with van der Waals surface area (Å²) in [4.78, 5) is 29.8. The van der Waals surface area contributed by atoms with E-state index in [4.69, 9.17) is 9.47 Å². The number of nitrogens with zero attached hydrogens (tertiary/aromatic N) is 2. The van der Waals surface area contributed by atoms with Crippen molar-refractivity contribution in [3.8, 4) is 5.75 Å². The minimum atomic E-state index is -1.07. The van der Waals surface area contributed by atoms with Crippen molar-refractivity contribution in [3.63, 3.8) is 0 Å². The van der Waals surface area contributed by atoms with E-state index < -0.39 is 17.0 Å². The second-order valence-corrected chi connectivity index (χ2v) is 10.6. The van der Waals surface area contributed by atoms with Crippen LogP contribution in [0.5, 0.6) is 5.75 Å². The molecule has 1 N–H and O–H groups in total. The molecule has 0 saturated carbocycles. The fourth-order valence-electron chi connectivity index (χ4n) is 5.69. The number of rotatable bonds is 11. The number of para-hydroxylation sites is 1. The average Bonchev–Trinajstić information content (AvgIpc) is 2.98. The first-order chi connectivity index (χ1) is 19.3. The molecule has 1 heterocycles. The van der Waals surface area contributed by atoms with Crippen molar-refractivity contribution in [2.75, 3.05) is 46.9 Å². The first-order valence-corrected chi connectivity index (χ1v) is 14.0. The third-order valence-electron chi connectivity index (χ3n) is 7.83.